The van der Waals surface area contributed by atoms with Gasteiger partial charge in [-0.25, -0.2) is 4.39 Å². The van der Waals surface area contributed by atoms with Crippen LogP contribution in [0.3, 0.4) is 0 Å². The maximum Gasteiger partial charge on any atom is 0.419 e. The Balaban J connectivity index is 2.17. The summed E-state index contributed by atoms with van der Waals surface area (Å²) < 4.78 is 50.9. The fourth-order valence-electron chi connectivity index (χ4n) is 1.71. The third-order valence-corrected chi connectivity index (χ3v) is 3.36. The highest BCUT2D eigenvalue weighted by atomic mass is 35.5. The first-order chi connectivity index (χ1) is 9.77. The van der Waals surface area contributed by atoms with Gasteiger partial charge in [-0.3, -0.25) is 0 Å². The Kier molecular flexibility index (Phi) is 4.64. The van der Waals surface area contributed by atoms with Gasteiger partial charge in [0.1, 0.15) is 5.82 Å². The minimum atomic E-state index is -4.74. The van der Waals surface area contributed by atoms with Crippen LogP contribution in [0.25, 0.3) is 0 Å². The van der Waals surface area contributed by atoms with E-state index in [0.717, 1.165) is 12.1 Å². The Morgan fingerprint density at radius 3 is 2.33 bits per heavy atom. The van der Waals surface area contributed by atoms with Crippen molar-refractivity contribution >= 4 is 28.9 Å². The van der Waals surface area contributed by atoms with Gasteiger partial charge < -0.3 is 5.32 Å². The number of benzene rings is 2. The summed E-state index contributed by atoms with van der Waals surface area (Å²) in [6.07, 6.45) is -4.74. The number of alkyl halides is 3. The largest absolute Gasteiger partial charge is 0.419 e. The summed E-state index contributed by atoms with van der Waals surface area (Å²) in [6.45, 7) is 0.193. The number of anilines is 1. The standard InChI is InChI=1S/C14H9Cl2F4N/c15-9-2-1-8(12(16)5-9)7-21-10-3-4-13(17)11(6-10)14(18,19)20/h1-6,21H,7H2. The molecule has 0 radical (unpaired) electrons. The number of hydrogen-bond acceptors (Lipinski definition) is 1. The molecule has 0 bridgehead atoms. The Labute approximate surface area is 128 Å². The molecule has 112 valence electrons. The molecule has 7 heteroatoms. The average Bonchev–Trinajstić information content (AvgIpc) is 2.38. The minimum Gasteiger partial charge on any atom is -0.381 e. The highest BCUT2D eigenvalue weighted by Gasteiger charge is 2.34. The summed E-state index contributed by atoms with van der Waals surface area (Å²) in [7, 11) is 0. The Hall–Kier alpha value is -1.46. The molecule has 2 rings (SSSR count). The molecule has 0 aliphatic heterocycles. The first-order valence-corrected chi connectivity index (χ1v) is 6.57. The molecule has 2 aromatic rings. The monoisotopic (exact) mass is 337 g/mol. The van der Waals surface area contributed by atoms with Crippen molar-refractivity contribution in [3.63, 3.8) is 0 Å². The summed E-state index contributed by atoms with van der Waals surface area (Å²) in [5.74, 6) is -1.31. The van der Waals surface area contributed by atoms with Crippen molar-refractivity contribution < 1.29 is 17.6 Å². The van der Waals surface area contributed by atoms with E-state index in [-0.39, 0.29) is 12.2 Å². The van der Waals surface area contributed by atoms with Gasteiger partial charge in [0.2, 0.25) is 0 Å². The SMILES string of the molecule is Fc1ccc(NCc2ccc(Cl)cc2Cl)cc1C(F)(F)F. The van der Waals surface area contributed by atoms with Crippen molar-refractivity contribution in [2.24, 2.45) is 0 Å². The van der Waals surface area contributed by atoms with Crippen LogP contribution in [0.4, 0.5) is 23.2 Å². The molecule has 0 amide bonds. The van der Waals surface area contributed by atoms with E-state index < -0.39 is 17.6 Å². The van der Waals surface area contributed by atoms with Gasteiger partial charge >= 0.3 is 6.18 Å². The first kappa shape index (κ1) is 15.9. The zero-order valence-corrected chi connectivity index (χ0v) is 12.0. The zero-order valence-electron chi connectivity index (χ0n) is 10.4. The average molecular weight is 338 g/mol. The van der Waals surface area contributed by atoms with Crippen molar-refractivity contribution in [2.75, 3.05) is 5.32 Å². The summed E-state index contributed by atoms with van der Waals surface area (Å²) in [5, 5.41) is 3.63. The summed E-state index contributed by atoms with van der Waals surface area (Å²) in [6, 6.07) is 7.54. The van der Waals surface area contributed by atoms with E-state index in [4.69, 9.17) is 23.2 Å². The van der Waals surface area contributed by atoms with E-state index in [1.807, 2.05) is 0 Å². The highest BCUT2D eigenvalue weighted by molar-refractivity contribution is 6.35. The normalized spacial score (nSPS) is 11.5. The maximum absolute atomic E-state index is 13.2. The van der Waals surface area contributed by atoms with Crippen molar-refractivity contribution in [2.45, 2.75) is 12.7 Å². The van der Waals surface area contributed by atoms with Crippen LogP contribution < -0.4 is 5.32 Å². The van der Waals surface area contributed by atoms with Crippen molar-refractivity contribution in [3.05, 3.63) is 63.4 Å². The smallest absolute Gasteiger partial charge is 0.381 e. The quantitative estimate of drug-likeness (QED) is 0.701. The number of nitrogens with one attached hydrogen (secondary N) is 1. The highest BCUT2D eigenvalue weighted by Crippen LogP contribution is 2.33. The molecule has 0 aliphatic carbocycles. The van der Waals surface area contributed by atoms with Crippen LogP contribution in [0.5, 0.6) is 0 Å². The lowest BCUT2D eigenvalue weighted by Gasteiger charge is -2.12. The molecule has 2 aromatic carbocycles. The topological polar surface area (TPSA) is 12.0 Å². The molecule has 0 heterocycles. The van der Waals surface area contributed by atoms with Gasteiger partial charge in [0, 0.05) is 22.3 Å². The summed E-state index contributed by atoms with van der Waals surface area (Å²) in [4.78, 5) is 0. The molecule has 0 aromatic heterocycles. The molecule has 0 atom stereocenters. The molecule has 0 aliphatic rings. The van der Waals surface area contributed by atoms with Crippen molar-refractivity contribution in [1.29, 1.82) is 0 Å². The third kappa shape index (κ3) is 4.02. The van der Waals surface area contributed by atoms with Crippen molar-refractivity contribution in [1.82, 2.24) is 0 Å². The number of rotatable bonds is 3. The molecule has 0 spiro atoms. The second kappa shape index (κ2) is 6.12. The Morgan fingerprint density at radius 2 is 1.71 bits per heavy atom. The van der Waals surface area contributed by atoms with Crippen LogP contribution >= 0.6 is 23.2 Å². The van der Waals surface area contributed by atoms with E-state index in [0.29, 0.717) is 15.6 Å². The zero-order chi connectivity index (χ0) is 15.6. The van der Waals surface area contributed by atoms with Crippen LogP contribution in [0.15, 0.2) is 36.4 Å². The lowest BCUT2D eigenvalue weighted by Crippen LogP contribution is -2.09. The van der Waals surface area contributed by atoms with Gasteiger partial charge in [-0.2, -0.15) is 13.2 Å². The number of halogens is 6. The van der Waals surface area contributed by atoms with E-state index in [2.05, 4.69) is 5.32 Å². The third-order valence-electron chi connectivity index (χ3n) is 2.77. The van der Waals surface area contributed by atoms with Gasteiger partial charge in [0.25, 0.3) is 0 Å². The van der Waals surface area contributed by atoms with Gasteiger partial charge in [0.05, 0.1) is 5.56 Å². The van der Waals surface area contributed by atoms with Crippen LogP contribution in [0.1, 0.15) is 11.1 Å². The molecule has 0 fully saturated rings. The molecule has 1 nitrogen and oxygen atoms in total. The fraction of sp³-hybridized carbons (Fsp3) is 0.143. The first-order valence-electron chi connectivity index (χ1n) is 5.82. The fourth-order valence-corrected chi connectivity index (χ4v) is 2.19. The van der Waals surface area contributed by atoms with Gasteiger partial charge in [-0.15, -0.1) is 0 Å². The van der Waals surface area contributed by atoms with Crippen LogP contribution in [-0.2, 0) is 12.7 Å². The Morgan fingerprint density at radius 1 is 1.00 bits per heavy atom. The molecule has 0 saturated heterocycles. The molecular formula is C14H9Cl2F4N. The number of hydrogen-bond donors (Lipinski definition) is 1. The van der Waals surface area contributed by atoms with Crippen LogP contribution in [0, 0.1) is 5.82 Å². The van der Waals surface area contributed by atoms with E-state index in [1.165, 1.54) is 12.1 Å². The van der Waals surface area contributed by atoms with Crippen molar-refractivity contribution in [3.8, 4) is 0 Å². The van der Waals surface area contributed by atoms with Gasteiger partial charge in [-0.05, 0) is 35.9 Å². The molecule has 0 unspecified atom stereocenters. The van der Waals surface area contributed by atoms with E-state index >= 15 is 0 Å². The van der Waals surface area contributed by atoms with E-state index in [9.17, 15) is 17.6 Å². The van der Waals surface area contributed by atoms with Gasteiger partial charge in [0.15, 0.2) is 0 Å². The van der Waals surface area contributed by atoms with Crippen LogP contribution in [0.2, 0.25) is 10.0 Å². The minimum absolute atomic E-state index is 0.148. The predicted octanol–water partition coefficient (Wildman–Crippen LogP) is 5.76. The lowest BCUT2D eigenvalue weighted by atomic mass is 10.1. The second-order valence-corrected chi connectivity index (χ2v) is 5.13. The second-order valence-electron chi connectivity index (χ2n) is 4.28. The Bertz CT molecular complexity index is 656. The molecule has 21 heavy (non-hydrogen) atoms. The van der Waals surface area contributed by atoms with Gasteiger partial charge in [-0.1, -0.05) is 29.3 Å². The molecule has 1 N–H and O–H groups in total. The molecule has 0 saturated carbocycles. The maximum atomic E-state index is 13.2. The summed E-state index contributed by atoms with van der Waals surface area (Å²) in [5.41, 5.74) is -0.497. The summed E-state index contributed by atoms with van der Waals surface area (Å²) >= 11 is 11.7. The molecular weight excluding hydrogens is 329 g/mol. The van der Waals surface area contributed by atoms with Crippen LogP contribution in [-0.4, -0.2) is 0 Å². The van der Waals surface area contributed by atoms with E-state index in [1.54, 1.807) is 12.1 Å². The lowest BCUT2D eigenvalue weighted by molar-refractivity contribution is -0.139. The predicted molar refractivity (Wildman–Crippen MR) is 75.2 cm³/mol.